The zero-order chi connectivity index (χ0) is 17.9. The maximum absolute atomic E-state index is 13.6. The summed E-state index contributed by atoms with van der Waals surface area (Å²) in [7, 11) is -6.37. The topological polar surface area (TPSA) is 89.9 Å². The lowest BCUT2D eigenvalue weighted by atomic mass is 10.1. The van der Waals surface area contributed by atoms with Crippen molar-refractivity contribution < 1.29 is 44.8 Å². The molecule has 0 aliphatic heterocycles. The van der Waals surface area contributed by atoms with Crippen molar-refractivity contribution in [3.8, 4) is 0 Å². The van der Waals surface area contributed by atoms with Gasteiger partial charge in [0.15, 0.2) is 0 Å². The van der Waals surface area contributed by atoms with Gasteiger partial charge >= 0.3 is 27.3 Å². The van der Waals surface area contributed by atoms with Crippen LogP contribution >= 0.6 is 0 Å². The fourth-order valence-corrected chi connectivity index (χ4v) is 1.78. The van der Waals surface area contributed by atoms with Gasteiger partial charge in [0.25, 0.3) is 0 Å². The first-order valence-corrected chi connectivity index (χ1v) is 7.37. The molecule has 0 saturated heterocycles. The molecule has 0 aromatic rings. The van der Waals surface area contributed by atoms with Gasteiger partial charge in [0.2, 0.25) is 6.29 Å². The summed E-state index contributed by atoms with van der Waals surface area (Å²) in [5, 5.41) is -5.77. The standard InChI is InChI=1S/C11H16F4O6S/c1-5-8(20-7(4)21-9(16)6(2)3)10(12,13)11(14,15)22(17,18)19/h7-8H,2,5H2,1,3-4H3,(H,17,18,19). The molecule has 0 aromatic carbocycles. The maximum Gasteiger partial charge on any atom is 0.434 e. The number of carbonyl (C=O) groups is 1. The van der Waals surface area contributed by atoms with Gasteiger partial charge in [0.1, 0.15) is 6.10 Å². The van der Waals surface area contributed by atoms with Crippen molar-refractivity contribution in [3.05, 3.63) is 12.2 Å². The van der Waals surface area contributed by atoms with Crippen LogP contribution in [-0.2, 0) is 24.4 Å². The van der Waals surface area contributed by atoms with E-state index in [1.165, 1.54) is 6.92 Å². The summed E-state index contributed by atoms with van der Waals surface area (Å²) in [5.41, 5.74) is -0.0847. The predicted molar refractivity (Wildman–Crippen MR) is 67.0 cm³/mol. The van der Waals surface area contributed by atoms with Crippen LogP contribution in [0.4, 0.5) is 17.6 Å². The molecule has 22 heavy (non-hydrogen) atoms. The fourth-order valence-electron chi connectivity index (χ4n) is 1.31. The molecule has 0 spiro atoms. The van der Waals surface area contributed by atoms with Crippen molar-refractivity contribution in [2.24, 2.45) is 0 Å². The van der Waals surface area contributed by atoms with Crippen molar-refractivity contribution in [1.29, 1.82) is 0 Å². The van der Waals surface area contributed by atoms with Crippen LogP contribution in [0.25, 0.3) is 0 Å². The highest BCUT2D eigenvalue weighted by Crippen LogP contribution is 2.43. The zero-order valence-corrected chi connectivity index (χ0v) is 12.8. The molecule has 0 aromatic heterocycles. The van der Waals surface area contributed by atoms with Crippen LogP contribution in [0.5, 0.6) is 0 Å². The van der Waals surface area contributed by atoms with Gasteiger partial charge in [0, 0.05) is 5.57 Å². The van der Waals surface area contributed by atoms with Gasteiger partial charge in [-0.25, -0.2) is 4.79 Å². The second-order valence-corrected chi connectivity index (χ2v) is 5.86. The summed E-state index contributed by atoms with van der Waals surface area (Å²) < 4.78 is 91.8. The summed E-state index contributed by atoms with van der Waals surface area (Å²) in [4.78, 5) is 11.2. The van der Waals surface area contributed by atoms with Crippen molar-refractivity contribution in [2.45, 2.75) is 50.8 Å². The summed E-state index contributed by atoms with van der Waals surface area (Å²) in [5.74, 6) is -6.26. The maximum atomic E-state index is 13.6. The molecule has 0 amide bonds. The Morgan fingerprint density at radius 1 is 1.32 bits per heavy atom. The first kappa shape index (κ1) is 20.8. The van der Waals surface area contributed by atoms with E-state index in [4.69, 9.17) is 4.55 Å². The second-order valence-electron chi connectivity index (χ2n) is 4.40. The SMILES string of the molecule is C=C(C)C(=O)OC(C)OC(CC)C(F)(F)C(F)(F)S(=O)(=O)O. The predicted octanol–water partition coefficient (Wildman–Crippen LogP) is 2.36. The van der Waals surface area contributed by atoms with Gasteiger partial charge in [-0.05, 0) is 20.3 Å². The molecule has 0 bridgehead atoms. The molecule has 0 rings (SSSR count). The van der Waals surface area contributed by atoms with Crippen molar-refractivity contribution in [3.63, 3.8) is 0 Å². The van der Waals surface area contributed by atoms with E-state index in [0.717, 1.165) is 13.8 Å². The van der Waals surface area contributed by atoms with Crippen molar-refractivity contribution in [2.75, 3.05) is 0 Å². The minimum Gasteiger partial charge on any atom is -0.433 e. The quantitative estimate of drug-likeness (QED) is 0.237. The monoisotopic (exact) mass is 352 g/mol. The molecule has 0 saturated carbocycles. The van der Waals surface area contributed by atoms with Gasteiger partial charge < -0.3 is 9.47 Å². The summed E-state index contributed by atoms with van der Waals surface area (Å²) in [6, 6.07) is 0. The highest BCUT2D eigenvalue weighted by molar-refractivity contribution is 7.87. The Labute approximate surface area is 124 Å². The van der Waals surface area contributed by atoms with E-state index < -0.39 is 46.1 Å². The Kier molecular flexibility index (Phi) is 6.54. The van der Waals surface area contributed by atoms with Crippen LogP contribution in [0.15, 0.2) is 12.2 Å². The van der Waals surface area contributed by atoms with Crippen LogP contribution in [0.3, 0.4) is 0 Å². The third-order valence-corrected chi connectivity index (χ3v) is 3.38. The van der Waals surface area contributed by atoms with E-state index in [-0.39, 0.29) is 5.57 Å². The smallest absolute Gasteiger partial charge is 0.433 e. The van der Waals surface area contributed by atoms with E-state index >= 15 is 0 Å². The third-order valence-electron chi connectivity index (χ3n) is 2.46. The minimum absolute atomic E-state index is 0.0847. The van der Waals surface area contributed by atoms with Crippen LogP contribution in [0.2, 0.25) is 0 Å². The second kappa shape index (κ2) is 6.92. The lowest BCUT2D eigenvalue weighted by Gasteiger charge is -2.32. The summed E-state index contributed by atoms with van der Waals surface area (Å²) >= 11 is 0. The molecule has 0 radical (unpaired) electrons. The average Bonchev–Trinajstić information content (AvgIpc) is 2.33. The Balaban J connectivity index is 5.26. The number of hydrogen-bond acceptors (Lipinski definition) is 5. The van der Waals surface area contributed by atoms with Crippen LogP contribution in [0, 0.1) is 0 Å². The first-order valence-electron chi connectivity index (χ1n) is 5.93. The van der Waals surface area contributed by atoms with E-state index in [0.29, 0.717) is 0 Å². The number of alkyl halides is 4. The lowest BCUT2D eigenvalue weighted by molar-refractivity contribution is -0.263. The summed E-state index contributed by atoms with van der Waals surface area (Å²) in [6.07, 6.45) is -5.04. The Bertz CT molecular complexity index is 531. The van der Waals surface area contributed by atoms with Gasteiger partial charge in [-0.1, -0.05) is 13.5 Å². The number of halogens is 4. The van der Waals surface area contributed by atoms with Gasteiger partial charge in [-0.2, -0.15) is 26.0 Å². The minimum atomic E-state index is -6.37. The molecule has 0 heterocycles. The first-order chi connectivity index (χ1) is 9.68. The van der Waals surface area contributed by atoms with E-state index in [2.05, 4.69) is 16.1 Å². The van der Waals surface area contributed by atoms with E-state index in [1.54, 1.807) is 0 Å². The molecule has 130 valence electrons. The van der Waals surface area contributed by atoms with E-state index in [1.807, 2.05) is 0 Å². The molecule has 0 aliphatic carbocycles. The van der Waals surface area contributed by atoms with Crippen LogP contribution < -0.4 is 0 Å². The highest BCUT2D eigenvalue weighted by Gasteiger charge is 2.69. The number of hydrogen-bond donors (Lipinski definition) is 1. The molecule has 2 unspecified atom stereocenters. The lowest BCUT2D eigenvalue weighted by Crippen LogP contribution is -2.55. The Morgan fingerprint density at radius 2 is 1.77 bits per heavy atom. The Hall–Kier alpha value is -1.20. The molecule has 0 fully saturated rings. The molecular weight excluding hydrogens is 336 g/mol. The molecule has 1 N–H and O–H groups in total. The van der Waals surface area contributed by atoms with Crippen LogP contribution in [0.1, 0.15) is 27.2 Å². The number of esters is 1. The van der Waals surface area contributed by atoms with Gasteiger partial charge in [-0.3, -0.25) is 4.55 Å². The largest absolute Gasteiger partial charge is 0.434 e. The molecule has 2 atom stereocenters. The van der Waals surface area contributed by atoms with Crippen LogP contribution in [-0.4, -0.2) is 42.5 Å². The summed E-state index contributed by atoms with van der Waals surface area (Å²) in [6.45, 7) is 6.47. The van der Waals surface area contributed by atoms with Gasteiger partial charge in [0.05, 0.1) is 0 Å². The third kappa shape index (κ3) is 4.40. The average molecular weight is 352 g/mol. The molecule has 0 aliphatic rings. The van der Waals surface area contributed by atoms with E-state index in [9.17, 15) is 30.8 Å². The highest BCUT2D eigenvalue weighted by atomic mass is 32.2. The normalized spacial score (nSPS) is 16.0. The van der Waals surface area contributed by atoms with Crippen molar-refractivity contribution >= 4 is 16.1 Å². The molecule has 11 heteroatoms. The molecule has 6 nitrogen and oxygen atoms in total. The fraction of sp³-hybridized carbons (Fsp3) is 0.727. The number of ether oxygens (including phenoxy) is 2. The van der Waals surface area contributed by atoms with Gasteiger partial charge in [-0.15, -0.1) is 0 Å². The molecular formula is C11H16F4O6S. The van der Waals surface area contributed by atoms with Crippen molar-refractivity contribution in [1.82, 2.24) is 0 Å². The number of carbonyl (C=O) groups excluding carboxylic acids is 1. The zero-order valence-electron chi connectivity index (χ0n) is 12.0. The Morgan fingerprint density at radius 3 is 2.09 bits per heavy atom. The number of rotatable bonds is 8.